The van der Waals surface area contributed by atoms with Crippen LogP contribution >= 0.6 is 0 Å². The fraction of sp³-hybridized carbons (Fsp3) is 0.875. The van der Waals surface area contributed by atoms with E-state index in [1.165, 1.54) is 12.8 Å². The van der Waals surface area contributed by atoms with Crippen LogP contribution in [-0.2, 0) is 4.79 Å². The van der Waals surface area contributed by atoms with E-state index in [0.717, 1.165) is 12.8 Å². The molecule has 0 aromatic rings. The number of aliphatic carboxylic acids is 1. The molecule has 122 valence electrons. The van der Waals surface area contributed by atoms with Gasteiger partial charge in [-0.2, -0.15) is 0 Å². The first-order valence-corrected chi connectivity index (χ1v) is 8.02. The number of carbonyl (C=O) groups is 2. The van der Waals surface area contributed by atoms with E-state index in [1.54, 1.807) is 0 Å². The van der Waals surface area contributed by atoms with Gasteiger partial charge in [-0.3, -0.25) is 4.79 Å². The second kappa shape index (κ2) is 7.66. The quantitative estimate of drug-likeness (QED) is 0.791. The highest BCUT2D eigenvalue weighted by atomic mass is 16.4. The summed E-state index contributed by atoms with van der Waals surface area (Å²) in [6.07, 6.45) is 5.11. The smallest absolute Gasteiger partial charge is 0.317 e. The van der Waals surface area contributed by atoms with Crippen LogP contribution in [0.1, 0.15) is 66.2 Å². The molecule has 0 aromatic heterocycles. The van der Waals surface area contributed by atoms with Gasteiger partial charge in [0, 0.05) is 18.6 Å². The molecular weight excluding hydrogens is 268 g/mol. The number of nitrogens with one attached hydrogen (secondary N) is 1. The summed E-state index contributed by atoms with van der Waals surface area (Å²) < 4.78 is 0. The maximum atomic E-state index is 12.5. The predicted octanol–water partition coefficient (Wildman–Crippen LogP) is 3.24. The summed E-state index contributed by atoms with van der Waals surface area (Å²) in [5.41, 5.74) is -0.0161. The van der Waals surface area contributed by atoms with Gasteiger partial charge in [0.2, 0.25) is 0 Å². The lowest BCUT2D eigenvalue weighted by atomic mass is 9.87. The first-order valence-electron chi connectivity index (χ1n) is 8.02. The molecule has 21 heavy (non-hydrogen) atoms. The number of nitrogens with zero attached hydrogens (tertiary/aromatic N) is 1. The maximum absolute atomic E-state index is 12.5. The normalized spacial score (nSPS) is 17.5. The van der Waals surface area contributed by atoms with Gasteiger partial charge in [0.15, 0.2) is 0 Å². The van der Waals surface area contributed by atoms with E-state index in [0.29, 0.717) is 19.0 Å². The van der Waals surface area contributed by atoms with Crippen LogP contribution < -0.4 is 5.32 Å². The summed E-state index contributed by atoms with van der Waals surface area (Å²) in [6, 6.07) is -0.111. The highest BCUT2D eigenvalue weighted by Crippen LogP contribution is 2.25. The van der Waals surface area contributed by atoms with Gasteiger partial charge in [-0.05, 0) is 31.6 Å². The summed E-state index contributed by atoms with van der Waals surface area (Å²) in [5.74, 6) is -0.867. The minimum Gasteiger partial charge on any atom is -0.481 e. The Morgan fingerprint density at radius 2 is 1.86 bits per heavy atom. The van der Waals surface area contributed by atoms with Crippen LogP contribution in [0.25, 0.3) is 0 Å². The molecule has 0 saturated heterocycles. The number of carboxylic acids is 1. The van der Waals surface area contributed by atoms with Crippen molar-refractivity contribution in [3.05, 3.63) is 0 Å². The van der Waals surface area contributed by atoms with Gasteiger partial charge in [-0.25, -0.2) is 4.79 Å². The Balaban J connectivity index is 2.66. The van der Waals surface area contributed by atoms with Crippen molar-refractivity contribution in [1.82, 2.24) is 10.2 Å². The second-order valence-corrected chi connectivity index (χ2v) is 7.23. The largest absolute Gasteiger partial charge is 0.481 e. The predicted molar refractivity (Wildman–Crippen MR) is 83.3 cm³/mol. The van der Waals surface area contributed by atoms with Gasteiger partial charge in [0.25, 0.3) is 0 Å². The Labute approximate surface area is 128 Å². The van der Waals surface area contributed by atoms with Gasteiger partial charge in [-0.1, -0.05) is 33.6 Å². The molecule has 2 N–H and O–H groups in total. The summed E-state index contributed by atoms with van der Waals surface area (Å²) in [6.45, 7) is 8.83. The van der Waals surface area contributed by atoms with Gasteiger partial charge < -0.3 is 15.3 Å². The molecule has 5 heteroatoms. The van der Waals surface area contributed by atoms with Crippen molar-refractivity contribution in [2.75, 3.05) is 6.54 Å². The molecule has 0 heterocycles. The van der Waals surface area contributed by atoms with Gasteiger partial charge in [-0.15, -0.1) is 0 Å². The molecule has 0 aromatic carbocycles. The van der Waals surface area contributed by atoms with E-state index in [1.807, 2.05) is 11.8 Å². The van der Waals surface area contributed by atoms with Crippen LogP contribution in [0.3, 0.4) is 0 Å². The minimum absolute atomic E-state index is 0.0161. The first-order chi connectivity index (χ1) is 9.73. The molecular formula is C16H30N2O3. The zero-order valence-electron chi connectivity index (χ0n) is 13.8. The van der Waals surface area contributed by atoms with Crippen molar-refractivity contribution < 1.29 is 14.7 Å². The lowest BCUT2D eigenvalue weighted by Gasteiger charge is -2.32. The number of amides is 2. The van der Waals surface area contributed by atoms with E-state index in [9.17, 15) is 9.59 Å². The van der Waals surface area contributed by atoms with Crippen molar-refractivity contribution in [1.29, 1.82) is 0 Å². The third-order valence-electron chi connectivity index (χ3n) is 3.97. The number of hydrogen-bond acceptors (Lipinski definition) is 2. The number of carboxylic acid groups (broad SMARTS) is 1. The van der Waals surface area contributed by atoms with E-state index in [-0.39, 0.29) is 23.9 Å². The molecule has 1 saturated carbocycles. The number of hydrogen-bond donors (Lipinski definition) is 2. The third-order valence-corrected chi connectivity index (χ3v) is 3.97. The van der Waals surface area contributed by atoms with Crippen LogP contribution in [0.15, 0.2) is 0 Å². The van der Waals surface area contributed by atoms with Crippen LogP contribution in [-0.4, -0.2) is 40.6 Å². The minimum atomic E-state index is -0.867. The number of urea groups is 1. The van der Waals surface area contributed by atoms with Crippen molar-refractivity contribution >= 4 is 12.0 Å². The van der Waals surface area contributed by atoms with Crippen molar-refractivity contribution in [2.24, 2.45) is 5.41 Å². The van der Waals surface area contributed by atoms with Gasteiger partial charge in [0.05, 0.1) is 6.42 Å². The molecule has 5 nitrogen and oxygen atoms in total. The lowest BCUT2D eigenvalue weighted by Crippen LogP contribution is -2.49. The first kappa shape index (κ1) is 17.8. The molecule has 0 bridgehead atoms. The van der Waals surface area contributed by atoms with Crippen LogP contribution in [0.2, 0.25) is 0 Å². The Bertz CT molecular complexity index is 357. The molecule has 1 unspecified atom stereocenters. The molecule has 1 aliphatic rings. The van der Waals surface area contributed by atoms with Gasteiger partial charge >= 0.3 is 12.0 Å². The topological polar surface area (TPSA) is 69.6 Å². The summed E-state index contributed by atoms with van der Waals surface area (Å²) in [5, 5.41) is 12.0. The fourth-order valence-corrected chi connectivity index (χ4v) is 3.17. The Morgan fingerprint density at radius 3 is 2.29 bits per heavy atom. The Hall–Kier alpha value is -1.26. The lowest BCUT2D eigenvalue weighted by molar-refractivity contribution is -0.137. The van der Waals surface area contributed by atoms with E-state index in [2.05, 4.69) is 26.1 Å². The van der Waals surface area contributed by atoms with E-state index < -0.39 is 5.97 Å². The Kier molecular flexibility index (Phi) is 6.49. The van der Waals surface area contributed by atoms with E-state index in [4.69, 9.17) is 5.11 Å². The number of rotatable bonds is 6. The van der Waals surface area contributed by atoms with Crippen LogP contribution in [0.5, 0.6) is 0 Å². The summed E-state index contributed by atoms with van der Waals surface area (Å²) in [7, 11) is 0. The number of carbonyl (C=O) groups excluding carboxylic acids is 1. The van der Waals surface area contributed by atoms with Crippen molar-refractivity contribution in [3.8, 4) is 0 Å². The zero-order chi connectivity index (χ0) is 16.0. The molecule has 0 aliphatic heterocycles. The maximum Gasteiger partial charge on any atom is 0.317 e. The highest BCUT2D eigenvalue weighted by Gasteiger charge is 2.28. The van der Waals surface area contributed by atoms with Crippen LogP contribution in [0, 0.1) is 5.41 Å². The Morgan fingerprint density at radius 1 is 1.29 bits per heavy atom. The SMILES string of the molecule is CCN(C(=O)NC(CC(=O)O)CC(C)(C)C)C1CCCC1. The summed E-state index contributed by atoms with van der Waals surface area (Å²) >= 11 is 0. The van der Waals surface area contributed by atoms with E-state index >= 15 is 0 Å². The average Bonchev–Trinajstić information content (AvgIpc) is 2.79. The molecule has 0 radical (unpaired) electrons. The van der Waals surface area contributed by atoms with Crippen molar-refractivity contribution in [3.63, 3.8) is 0 Å². The molecule has 1 atom stereocenters. The molecule has 2 amide bonds. The van der Waals surface area contributed by atoms with Crippen molar-refractivity contribution in [2.45, 2.75) is 78.3 Å². The monoisotopic (exact) mass is 298 g/mol. The van der Waals surface area contributed by atoms with Gasteiger partial charge in [0.1, 0.15) is 0 Å². The van der Waals surface area contributed by atoms with Crippen LogP contribution in [0.4, 0.5) is 4.79 Å². The third kappa shape index (κ3) is 6.36. The zero-order valence-corrected chi connectivity index (χ0v) is 13.8. The molecule has 1 fully saturated rings. The highest BCUT2D eigenvalue weighted by molar-refractivity contribution is 5.76. The molecule has 1 aliphatic carbocycles. The molecule has 0 spiro atoms. The standard InChI is InChI=1S/C16H30N2O3/c1-5-18(13-8-6-7-9-13)15(21)17-12(10-14(19)20)11-16(2,3)4/h12-13H,5-11H2,1-4H3,(H,17,21)(H,19,20). The summed E-state index contributed by atoms with van der Waals surface area (Å²) in [4.78, 5) is 25.3. The molecule has 1 rings (SSSR count). The average molecular weight is 298 g/mol. The second-order valence-electron chi connectivity index (χ2n) is 7.23. The fourth-order valence-electron chi connectivity index (χ4n) is 3.17.